The maximum Gasteiger partial charge on any atom is 0.123 e. The number of benzene rings is 1. The van der Waals surface area contributed by atoms with Crippen molar-refractivity contribution in [1.82, 2.24) is 10.2 Å². The second kappa shape index (κ2) is 7.78. The molecule has 118 valence electrons. The molecular weight excluding hydrogens is 264 g/mol. The molecule has 2 rings (SSSR count). The maximum absolute atomic E-state index is 5.55. The van der Waals surface area contributed by atoms with Crippen LogP contribution in [-0.4, -0.2) is 51.4 Å². The number of hydrogen-bond donors (Lipinski definition) is 1. The van der Waals surface area contributed by atoms with Crippen molar-refractivity contribution in [2.75, 3.05) is 40.5 Å². The first-order valence-corrected chi connectivity index (χ1v) is 7.81. The molecule has 0 spiro atoms. The monoisotopic (exact) mass is 292 g/mol. The lowest BCUT2D eigenvalue weighted by Crippen LogP contribution is -2.39. The van der Waals surface area contributed by atoms with Crippen molar-refractivity contribution in [2.45, 2.75) is 32.4 Å². The van der Waals surface area contributed by atoms with Crippen molar-refractivity contribution in [3.63, 3.8) is 0 Å². The van der Waals surface area contributed by atoms with Gasteiger partial charge >= 0.3 is 0 Å². The summed E-state index contributed by atoms with van der Waals surface area (Å²) in [5, 5.41) is 3.59. The van der Waals surface area contributed by atoms with Crippen LogP contribution in [0, 0.1) is 6.92 Å². The van der Waals surface area contributed by atoms with Gasteiger partial charge in [0.15, 0.2) is 0 Å². The van der Waals surface area contributed by atoms with Crippen LogP contribution in [0.3, 0.4) is 0 Å². The fourth-order valence-electron chi connectivity index (χ4n) is 2.95. The summed E-state index contributed by atoms with van der Waals surface area (Å²) in [5.41, 5.74) is 2.51. The zero-order chi connectivity index (χ0) is 15.2. The molecule has 1 saturated heterocycles. The Kier molecular flexibility index (Phi) is 6.03. The Balaban J connectivity index is 2.15. The largest absolute Gasteiger partial charge is 0.496 e. The molecule has 2 unspecified atom stereocenters. The molecule has 2 atom stereocenters. The van der Waals surface area contributed by atoms with Crippen LogP contribution in [0.2, 0.25) is 0 Å². The van der Waals surface area contributed by atoms with Gasteiger partial charge in [-0.3, -0.25) is 4.90 Å². The second-order valence-electron chi connectivity index (χ2n) is 5.81. The standard InChI is InChI=1S/C17H28N2O2/c1-5-18-16(11-19(3)14-8-9-21-12-14)15-10-13(2)6-7-17(15)20-4/h6-7,10,14,16,18H,5,8-9,11-12H2,1-4H3. The van der Waals surface area contributed by atoms with Crippen LogP contribution in [0.1, 0.15) is 30.5 Å². The lowest BCUT2D eigenvalue weighted by molar-refractivity contribution is 0.152. The van der Waals surface area contributed by atoms with E-state index in [1.807, 2.05) is 0 Å². The molecule has 1 aromatic rings. The van der Waals surface area contributed by atoms with Crippen molar-refractivity contribution in [3.05, 3.63) is 29.3 Å². The van der Waals surface area contributed by atoms with E-state index >= 15 is 0 Å². The average Bonchev–Trinajstić information content (AvgIpc) is 3.01. The first kappa shape index (κ1) is 16.3. The van der Waals surface area contributed by atoms with E-state index in [9.17, 15) is 0 Å². The van der Waals surface area contributed by atoms with Crippen LogP contribution in [0.15, 0.2) is 18.2 Å². The molecule has 4 heteroatoms. The number of ether oxygens (including phenoxy) is 2. The number of hydrogen-bond acceptors (Lipinski definition) is 4. The molecule has 0 aromatic heterocycles. The lowest BCUT2D eigenvalue weighted by Gasteiger charge is -2.29. The number of aryl methyl sites for hydroxylation is 1. The van der Waals surface area contributed by atoms with Gasteiger partial charge in [0.1, 0.15) is 5.75 Å². The smallest absolute Gasteiger partial charge is 0.123 e. The molecular formula is C17H28N2O2. The summed E-state index contributed by atoms with van der Waals surface area (Å²) >= 11 is 0. The van der Waals surface area contributed by atoms with Crippen molar-refractivity contribution in [2.24, 2.45) is 0 Å². The van der Waals surface area contributed by atoms with E-state index in [0.717, 1.165) is 38.5 Å². The summed E-state index contributed by atoms with van der Waals surface area (Å²) in [6, 6.07) is 7.19. The molecule has 1 aromatic carbocycles. The highest BCUT2D eigenvalue weighted by Crippen LogP contribution is 2.27. The van der Waals surface area contributed by atoms with Crippen LogP contribution in [0.25, 0.3) is 0 Å². The summed E-state index contributed by atoms with van der Waals surface area (Å²) < 4.78 is 11.1. The highest BCUT2D eigenvalue weighted by molar-refractivity contribution is 5.39. The van der Waals surface area contributed by atoms with Gasteiger partial charge in [0, 0.05) is 30.8 Å². The summed E-state index contributed by atoms with van der Waals surface area (Å²) in [4.78, 5) is 2.40. The number of methoxy groups -OCH3 is 1. The van der Waals surface area contributed by atoms with Crippen molar-refractivity contribution < 1.29 is 9.47 Å². The van der Waals surface area contributed by atoms with Gasteiger partial charge in [0.2, 0.25) is 0 Å². The molecule has 1 aliphatic rings. The van der Waals surface area contributed by atoms with Gasteiger partial charge in [0.05, 0.1) is 13.7 Å². The summed E-state index contributed by atoms with van der Waals surface area (Å²) in [7, 11) is 3.93. The zero-order valence-corrected chi connectivity index (χ0v) is 13.7. The van der Waals surface area contributed by atoms with Gasteiger partial charge in [-0.1, -0.05) is 24.6 Å². The van der Waals surface area contributed by atoms with Crippen LogP contribution >= 0.6 is 0 Å². The minimum atomic E-state index is 0.274. The van der Waals surface area contributed by atoms with E-state index in [0.29, 0.717) is 6.04 Å². The SMILES string of the molecule is CCNC(CN(C)C1CCOC1)c1cc(C)ccc1OC. The van der Waals surface area contributed by atoms with Gasteiger partial charge in [-0.05, 0) is 33.0 Å². The number of rotatable bonds is 7. The third kappa shape index (κ3) is 4.19. The minimum absolute atomic E-state index is 0.274. The van der Waals surface area contributed by atoms with Crippen molar-refractivity contribution in [1.29, 1.82) is 0 Å². The van der Waals surface area contributed by atoms with E-state index < -0.39 is 0 Å². The number of nitrogens with zero attached hydrogens (tertiary/aromatic N) is 1. The first-order valence-electron chi connectivity index (χ1n) is 7.81. The van der Waals surface area contributed by atoms with Gasteiger partial charge in [-0.2, -0.15) is 0 Å². The van der Waals surface area contributed by atoms with E-state index in [2.05, 4.69) is 49.3 Å². The Morgan fingerprint density at radius 3 is 2.90 bits per heavy atom. The molecule has 1 aliphatic heterocycles. The topological polar surface area (TPSA) is 33.7 Å². The quantitative estimate of drug-likeness (QED) is 0.836. The highest BCUT2D eigenvalue weighted by Gasteiger charge is 2.24. The van der Waals surface area contributed by atoms with E-state index in [1.165, 1.54) is 11.1 Å². The van der Waals surface area contributed by atoms with Gasteiger partial charge in [-0.25, -0.2) is 0 Å². The maximum atomic E-state index is 5.55. The predicted octanol–water partition coefficient (Wildman–Crippen LogP) is 2.37. The molecule has 21 heavy (non-hydrogen) atoms. The molecule has 4 nitrogen and oxygen atoms in total. The third-order valence-electron chi connectivity index (χ3n) is 4.21. The first-order chi connectivity index (χ1) is 10.2. The summed E-state index contributed by atoms with van der Waals surface area (Å²) in [6.45, 7) is 7.90. The molecule has 0 radical (unpaired) electrons. The van der Waals surface area contributed by atoms with Gasteiger partial charge in [-0.15, -0.1) is 0 Å². The van der Waals surface area contributed by atoms with Crippen molar-refractivity contribution >= 4 is 0 Å². The molecule has 1 N–H and O–H groups in total. The Bertz CT molecular complexity index is 444. The fraction of sp³-hybridized carbons (Fsp3) is 0.647. The van der Waals surface area contributed by atoms with Crippen molar-refractivity contribution in [3.8, 4) is 5.75 Å². The molecule has 0 saturated carbocycles. The molecule has 1 heterocycles. The molecule has 0 bridgehead atoms. The van der Waals surface area contributed by atoms with Crippen LogP contribution < -0.4 is 10.1 Å². The van der Waals surface area contributed by atoms with E-state index in [4.69, 9.17) is 9.47 Å². The van der Waals surface area contributed by atoms with Crippen LogP contribution in [0.4, 0.5) is 0 Å². The van der Waals surface area contributed by atoms with Gasteiger partial charge < -0.3 is 14.8 Å². The predicted molar refractivity (Wildman–Crippen MR) is 86.0 cm³/mol. The number of likely N-dealkylation sites (N-methyl/N-ethyl adjacent to an activating group) is 2. The summed E-state index contributed by atoms with van der Waals surface area (Å²) in [5.74, 6) is 0.961. The Hall–Kier alpha value is -1.10. The number of nitrogens with one attached hydrogen (secondary N) is 1. The third-order valence-corrected chi connectivity index (χ3v) is 4.21. The molecule has 0 amide bonds. The summed E-state index contributed by atoms with van der Waals surface area (Å²) in [6.07, 6.45) is 1.13. The highest BCUT2D eigenvalue weighted by atomic mass is 16.5. The normalized spacial score (nSPS) is 20.0. The van der Waals surface area contributed by atoms with Gasteiger partial charge in [0.25, 0.3) is 0 Å². The minimum Gasteiger partial charge on any atom is -0.496 e. The Morgan fingerprint density at radius 1 is 1.48 bits per heavy atom. The van der Waals surface area contributed by atoms with Crippen LogP contribution in [-0.2, 0) is 4.74 Å². The van der Waals surface area contributed by atoms with E-state index in [-0.39, 0.29) is 6.04 Å². The Morgan fingerprint density at radius 2 is 2.29 bits per heavy atom. The Labute approximate surface area is 128 Å². The molecule has 0 aliphatic carbocycles. The second-order valence-corrected chi connectivity index (χ2v) is 5.81. The van der Waals surface area contributed by atoms with E-state index in [1.54, 1.807) is 7.11 Å². The fourth-order valence-corrected chi connectivity index (χ4v) is 2.95. The molecule has 1 fully saturated rings. The zero-order valence-electron chi connectivity index (χ0n) is 13.7. The van der Waals surface area contributed by atoms with Crippen LogP contribution in [0.5, 0.6) is 5.75 Å². The average molecular weight is 292 g/mol. The lowest BCUT2D eigenvalue weighted by atomic mass is 10.0.